The lowest BCUT2D eigenvalue weighted by Crippen LogP contribution is -2.26. The predicted molar refractivity (Wildman–Crippen MR) is 154 cm³/mol. The van der Waals surface area contributed by atoms with E-state index in [1.54, 1.807) is 63.0 Å². The van der Waals surface area contributed by atoms with Gasteiger partial charge in [-0.1, -0.05) is 24.3 Å². The minimum Gasteiger partial charge on any atom is -0.457 e. The summed E-state index contributed by atoms with van der Waals surface area (Å²) >= 11 is 0. The summed E-state index contributed by atoms with van der Waals surface area (Å²) in [5.74, 6) is 1.23. The Kier molecular flexibility index (Phi) is 6.55. The number of carbonyl (C=O) groups excluding carboxylic acids is 2. The third kappa shape index (κ3) is 4.93. The average molecular weight is 548 g/mol. The van der Waals surface area contributed by atoms with Crippen molar-refractivity contribution in [1.82, 2.24) is 24.0 Å². The Labute approximate surface area is 235 Å². The molecule has 0 radical (unpaired) electrons. The number of hydrogen-bond acceptors (Lipinski definition) is 5. The molecule has 0 aliphatic heterocycles. The van der Waals surface area contributed by atoms with Crippen LogP contribution in [0.1, 0.15) is 27.3 Å². The lowest BCUT2D eigenvalue weighted by atomic mass is 10.0. The number of aryl methyl sites for hydroxylation is 1. The maximum absolute atomic E-state index is 13.7. The Morgan fingerprint density at radius 2 is 1.66 bits per heavy atom. The largest absolute Gasteiger partial charge is 0.457 e. The van der Waals surface area contributed by atoms with Crippen molar-refractivity contribution in [3.8, 4) is 11.5 Å². The van der Waals surface area contributed by atoms with Gasteiger partial charge in [0.2, 0.25) is 0 Å². The van der Waals surface area contributed by atoms with Crippen LogP contribution in [0.25, 0.3) is 21.9 Å². The summed E-state index contributed by atoms with van der Waals surface area (Å²) < 4.78 is 22.7. The van der Waals surface area contributed by atoms with Gasteiger partial charge < -0.3 is 14.2 Å². The van der Waals surface area contributed by atoms with Gasteiger partial charge in [0, 0.05) is 55.6 Å². The van der Waals surface area contributed by atoms with Gasteiger partial charge in [0.05, 0.1) is 22.7 Å². The fraction of sp³-hybridized carbons (Fsp3) is 0.125. The molecular formula is C32H26FN5O3. The summed E-state index contributed by atoms with van der Waals surface area (Å²) in [4.78, 5) is 37.0. The van der Waals surface area contributed by atoms with Gasteiger partial charge in [0.1, 0.15) is 23.1 Å². The second-order valence-electron chi connectivity index (χ2n) is 9.96. The first-order valence-corrected chi connectivity index (χ1v) is 13.0. The number of aromatic nitrogens is 4. The van der Waals surface area contributed by atoms with Crippen molar-refractivity contribution in [2.45, 2.75) is 13.5 Å². The fourth-order valence-electron chi connectivity index (χ4n) is 4.85. The summed E-state index contributed by atoms with van der Waals surface area (Å²) in [6, 6.07) is 19.9. The van der Waals surface area contributed by atoms with E-state index in [0.29, 0.717) is 40.1 Å². The van der Waals surface area contributed by atoms with Crippen molar-refractivity contribution < 1.29 is 18.7 Å². The number of pyridine rings is 1. The molecule has 0 saturated heterocycles. The highest BCUT2D eigenvalue weighted by Crippen LogP contribution is 2.31. The van der Waals surface area contributed by atoms with E-state index in [1.807, 2.05) is 25.1 Å². The fourth-order valence-corrected chi connectivity index (χ4v) is 4.85. The van der Waals surface area contributed by atoms with E-state index in [4.69, 9.17) is 4.74 Å². The number of amides is 1. The number of ether oxygens (including phenoxy) is 1. The van der Waals surface area contributed by atoms with Crippen molar-refractivity contribution in [3.63, 3.8) is 0 Å². The second kappa shape index (κ2) is 10.3. The van der Waals surface area contributed by atoms with Gasteiger partial charge in [-0.2, -0.15) is 0 Å². The van der Waals surface area contributed by atoms with E-state index in [0.717, 1.165) is 22.4 Å². The van der Waals surface area contributed by atoms with Crippen LogP contribution in [0.4, 0.5) is 9.18 Å². The number of ketones is 1. The Balaban J connectivity index is 1.32. The van der Waals surface area contributed by atoms with E-state index in [-0.39, 0.29) is 17.6 Å². The van der Waals surface area contributed by atoms with Gasteiger partial charge in [-0.25, -0.2) is 14.2 Å². The van der Waals surface area contributed by atoms with E-state index < -0.39 is 0 Å². The molecule has 0 atom stereocenters. The monoisotopic (exact) mass is 547 g/mol. The third-order valence-corrected chi connectivity index (χ3v) is 6.96. The van der Waals surface area contributed by atoms with Crippen molar-refractivity contribution in [2.75, 3.05) is 14.1 Å². The van der Waals surface area contributed by atoms with Crippen LogP contribution in [0.2, 0.25) is 0 Å². The normalized spacial score (nSPS) is 11.2. The number of nitrogens with zero attached hydrogens (tertiary/aromatic N) is 5. The molecule has 9 heteroatoms. The maximum atomic E-state index is 13.7. The minimum atomic E-state index is -0.364. The standard InChI is InChI=1S/C32H26FN5O3/c1-20-35-28-14-15-34-17-30(28)37(20)18-21-4-6-22(7-5-21)31(39)27-19-38(32(40)36(2)3)29-16-25(12-13-26(27)29)41-24-10-8-23(33)9-11-24/h4-17,19H,18H2,1-3H3. The zero-order valence-electron chi connectivity index (χ0n) is 22.7. The summed E-state index contributed by atoms with van der Waals surface area (Å²) in [7, 11) is 3.29. The molecule has 0 fully saturated rings. The van der Waals surface area contributed by atoms with Crippen molar-refractivity contribution in [3.05, 3.63) is 120 Å². The molecule has 3 heterocycles. The summed E-state index contributed by atoms with van der Waals surface area (Å²) in [5, 5.41) is 0.619. The summed E-state index contributed by atoms with van der Waals surface area (Å²) in [5.41, 5.74) is 4.29. The summed E-state index contributed by atoms with van der Waals surface area (Å²) in [6.45, 7) is 2.55. The van der Waals surface area contributed by atoms with Crippen molar-refractivity contribution >= 4 is 33.8 Å². The Morgan fingerprint density at radius 3 is 2.39 bits per heavy atom. The molecule has 0 N–H and O–H groups in total. The SMILES string of the molecule is Cc1nc2ccncc2n1Cc1ccc(C(=O)c2cn(C(=O)N(C)C)c3cc(Oc4ccc(F)cc4)ccc23)cc1. The third-order valence-electron chi connectivity index (χ3n) is 6.96. The van der Waals surface area contributed by atoms with Gasteiger partial charge in [0.15, 0.2) is 5.78 Å². The smallest absolute Gasteiger partial charge is 0.328 e. The molecule has 0 aliphatic rings. The molecule has 204 valence electrons. The van der Waals surface area contributed by atoms with E-state index >= 15 is 0 Å². The molecule has 8 nitrogen and oxygen atoms in total. The van der Waals surface area contributed by atoms with E-state index in [9.17, 15) is 14.0 Å². The number of halogens is 1. The number of imidazole rings is 1. The molecule has 41 heavy (non-hydrogen) atoms. The number of hydrogen-bond donors (Lipinski definition) is 0. The first-order chi connectivity index (χ1) is 19.8. The van der Waals surface area contributed by atoms with Crippen LogP contribution in [0, 0.1) is 12.7 Å². The van der Waals surface area contributed by atoms with Crippen molar-refractivity contribution in [2.24, 2.45) is 0 Å². The summed E-state index contributed by atoms with van der Waals surface area (Å²) in [6.07, 6.45) is 5.09. The Hall–Kier alpha value is -5.31. The molecule has 3 aromatic heterocycles. The predicted octanol–water partition coefficient (Wildman–Crippen LogP) is 6.43. The van der Waals surface area contributed by atoms with E-state index in [2.05, 4.69) is 14.5 Å². The van der Waals surface area contributed by atoms with Crippen LogP contribution in [-0.4, -0.2) is 49.9 Å². The number of benzene rings is 3. The second-order valence-corrected chi connectivity index (χ2v) is 9.96. The molecule has 3 aromatic carbocycles. The van der Waals surface area contributed by atoms with Crippen molar-refractivity contribution in [1.29, 1.82) is 0 Å². The molecule has 0 unspecified atom stereocenters. The van der Waals surface area contributed by atoms with Gasteiger partial charge in [0.25, 0.3) is 0 Å². The van der Waals surface area contributed by atoms with Crippen LogP contribution in [0.15, 0.2) is 91.4 Å². The minimum absolute atomic E-state index is 0.201. The van der Waals surface area contributed by atoms with Gasteiger partial charge in [-0.05, 0) is 55.0 Å². The molecule has 0 saturated carbocycles. The Morgan fingerprint density at radius 1 is 0.927 bits per heavy atom. The van der Waals surface area contributed by atoms with Crippen LogP contribution < -0.4 is 4.74 Å². The molecule has 0 aliphatic carbocycles. The van der Waals surface area contributed by atoms with Crippen LogP contribution in [-0.2, 0) is 6.54 Å². The molecule has 0 bridgehead atoms. The van der Waals surface area contributed by atoms with Crippen LogP contribution in [0.3, 0.4) is 0 Å². The van der Waals surface area contributed by atoms with Crippen LogP contribution in [0.5, 0.6) is 11.5 Å². The maximum Gasteiger partial charge on any atom is 0.328 e. The van der Waals surface area contributed by atoms with Gasteiger partial charge in [-0.15, -0.1) is 0 Å². The molecule has 6 aromatic rings. The molecule has 0 spiro atoms. The van der Waals surface area contributed by atoms with Gasteiger partial charge >= 0.3 is 6.03 Å². The molecular weight excluding hydrogens is 521 g/mol. The van der Waals surface area contributed by atoms with Gasteiger partial charge in [-0.3, -0.25) is 14.3 Å². The highest BCUT2D eigenvalue weighted by molar-refractivity contribution is 6.17. The first-order valence-electron chi connectivity index (χ1n) is 13.0. The average Bonchev–Trinajstić information content (AvgIpc) is 3.51. The Bertz CT molecular complexity index is 1920. The van der Waals surface area contributed by atoms with Crippen LogP contribution >= 0.6 is 0 Å². The topological polar surface area (TPSA) is 82.2 Å². The number of fused-ring (bicyclic) bond motifs is 2. The number of carbonyl (C=O) groups is 2. The quantitative estimate of drug-likeness (QED) is 0.224. The first kappa shape index (κ1) is 25.9. The highest BCUT2D eigenvalue weighted by Gasteiger charge is 2.21. The zero-order valence-corrected chi connectivity index (χ0v) is 22.7. The highest BCUT2D eigenvalue weighted by atomic mass is 19.1. The lowest BCUT2D eigenvalue weighted by Gasteiger charge is -2.12. The molecule has 1 amide bonds. The zero-order chi connectivity index (χ0) is 28.7. The number of rotatable bonds is 6. The van der Waals surface area contributed by atoms with E-state index in [1.165, 1.54) is 33.7 Å². The lowest BCUT2D eigenvalue weighted by molar-refractivity contribution is 0.104. The molecule has 6 rings (SSSR count).